The molecule has 1 aromatic heterocycles. The molecule has 0 aliphatic rings. The van der Waals surface area contributed by atoms with Gasteiger partial charge in [0.2, 0.25) is 5.89 Å². The van der Waals surface area contributed by atoms with Crippen LogP contribution in [-0.4, -0.2) is 50.2 Å². The second kappa shape index (κ2) is 7.15. The Morgan fingerprint density at radius 2 is 2.25 bits per heavy atom. The van der Waals surface area contributed by atoms with Crippen LogP contribution >= 0.6 is 0 Å². The van der Waals surface area contributed by atoms with Gasteiger partial charge >= 0.3 is 6.01 Å². The Kier molecular flexibility index (Phi) is 5.76. The highest BCUT2D eigenvalue weighted by Crippen LogP contribution is 2.05. The standard InChI is InChI=1S/C9H18N4O3/c1-14-6-7(15-2)5-11-9-13-12-8(16-9)3-4-10/h7H,3-6,10H2,1-2H3,(H,11,13). The molecule has 0 saturated carbocycles. The van der Waals surface area contributed by atoms with Gasteiger partial charge in [-0.1, -0.05) is 5.10 Å². The molecular formula is C9H18N4O3. The molecular weight excluding hydrogens is 212 g/mol. The molecule has 0 radical (unpaired) electrons. The Hall–Kier alpha value is -1.18. The van der Waals surface area contributed by atoms with E-state index in [0.29, 0.717) is 38.0 Å². The van der Waals surface area contributed by atoms with Gasteiger partial charge in [0, 0.05) is 33.7 Å². The average Bonchev–Trinajstić information content (AvgIpc) is 2.72. The van der Waals surface area contributed by atoms with Crippen LogP contribution in [0.15, 0.2) is 4.42 Å². The zero-order valence-corrected chi connectivity index (χ0v) is 9.60. The van der Waals surface area contributed by atoms with Crippen molar-refractivity contribution in [1.82, 2.24) is 10.2 Å². The molecule has 16 heavy (non-hydrogen) atoms. The lowest BCUT2D eigenvalue weighted by molar-refractivity contribution is 0.0363. The predicted octanol–water partition coefficient (Wildman–Crippen LogP) is -0.356. The molecule has 1 aromatic rings. The van der Waals surface area contributed by atoms with E-state index in [1.54, 1.807) is 14.2 Å². The molecule has 0 aliphatic carbocycles. The first-order valence-corrected chi connectivity index (χ1v) is 5.08. The predicted molar refractivity (Wildman–Crippen MR) is 58.2 cm³/mol. The van der Waals surface area contributed by atoms with E-state index in [0.717, 1.165) is 0 Å². The summed E-state index contributed by atoms with van der Waals surface area (Å²) in [5, 5.41) is 10.6. The number of anilines is 1. The first-order chi connectivity index (χ1) is 7.80. The fourth-order valence-corrected chi connectivity index (χ4v) is 1.15. The fraction of sp³-hybridized carbons (Fsp3) is 0.778. The van der Waals surface area contributed by atoms with Crippen LogP contribution in [0.2, 0.25) is 0 Å². The summed E-state index contributed by atoms with van der Waals surface area (Å²) in [6.07, 6.45) is 0.537. The Morgan fingerprint density at radius 3 is 2.88 bits per heavy atom. The lowest BCUT2D eigenvalue weighted by atomic mass is 10.4. The van der Waals surface area contributed by atoms with Crippen molar-refractivity contribution < 1.29 is 13.9 Å². The molecule has 0 spiro atoms. The molecule has 7 nitrogen and oxygen atoms in total. The maximum atomic E-state index is 5.37. The summed E-state index contributed by atoms with van der Waals surface area (Å²) >= 11 is 0. The van der Waals surface area contributed by atoms with E-state index in [1.165, 1.54) is 0 Å². The maximum Gasteiger partial charge on any atom is 0.315 e. The van der Waals surface area contributed by atoms with E-state index < -0.39 is 0 Å². The largest absolute Gasteiger partial charge is 0.408 e. The number of hydrogen-bond acceptors (Lipinski definition) is 7. The second-order valence-corrected chi connectivity index (χ2v) is 3.23. The SMILES string of the molecule is COCC(CNc1nnc(CCN)o1)OC. The molecule has 1 unspecified atom stereocenters. The monoisotopic (exact) mass is 230 g/mol. The van der Waals surface area contributed by atoms with Crippen LogP contribution in [0.5, 0.6) is 0 Å². The lowest BCUT2D eigenvalue weighted by Crippen LogP contribution is -2.26. The van der Waals surface area contributed by atoms with Gasteiger partial charge in [0.25, 0.3) is 0 Å². The maximum absolute atomic E-state index is 5.37. The van der Waals surface area contributed by atoms with Crippen molar-refractivity contribution in [1.29, 1.82) is 0 Å². The molecule has 3 N–H and O–H groups in total. The van der Waals surface area contributed by atoms with Crippen molar-refractivity contribution >= 4 is 6.01 Å². The van der Waals surface area contributed by atoms with Crippen molar-refractivity contribution in [3.63, 3.8) is 0 Å². The fourth-order valence-electron chi connectivity index (χ4n) is 1.15. The zero-order chi connectivity index (χ0) is 11.8. The first-order valence-electron chi connectivity index (χ1n) is 5.08. The van der Waals surface area contributed by atoms with Crippen molar-refractivity contribution in [2.75, 3.05) is 39.2 Å². The van der Waals surface area contributed by atoms with Gasteiger partial charge in [0.1, 0.15) is 0 Å². The molecule has 0 bridgehead atoms. The minimum atomic E-state index is -0.0464. The van der Waals surface area contributed by atoms with Crippen molar-refractivity contribution in [3.05, 3.63) is 5.89 Å². The van der Waals surface area contributed by atoms with Crippen LogP contribution in [0.25, 0.3) is 0 Å². The summed E-state index contributed by atoms with van der Waals surface area (Å²) in [7, 11) is 3.25. The van der Waals surface area contributed by atoms with Gasteiger partial charge in [-0.15, -0.1) is 5.10 Å². The molecule has 0 aromatic carbocycles. The van der Waals surface area contributed by atoms with Crippen LogP contribution in [0.3, 0.4) is 0 Å². The highest BCUT2D eigenvalue weighted by atomic mass is 16.5. The van der Waals surface area contributed by atoms with Crippen molar-refractivity contribution in [2.24, 2.45) is 5.73 Å². The van der Waals surface area contributed by atoms with E-state index in [-0.39, 0.29) is 6.10 Å². The quantitative estimate of drug-likeness (QED) is 0.629. The van der Waals surface area contributed by atoms with Crippen LogP contribution < -0.4 is 11.1 Å². The molecule has 0 saturated heterocycles. The molecule has 1 atom stereocenters. The van der Waals surface area contributed by atoms with Gasteiger partial charge in [-0.25, -0.2) is 0 Å². The summed E-state index contributed by atoms with van der Waals surface area (Å²) in [6, 6.07) is 0.376. The van der Waals surface area contributed by atoms with Crippen LogP contribution in [0, 0.1) is 0 Å². The van der Waals surface area contributed by atoms with Crippen molar-refractivity contribution in [2.45, 2.75) is 12.5 Å². The first kappa shape index (κ1) is 12.9. The summed E-state index contributed by atoms with van der Waals surface area (Å²) in [6.45, 7) is 1.55. The van der Waals surface area contributed by atoms with Crippen LogP contribution in [-0.2, 0) is 15.9 Å². The number of ether oxygens (including phenoxy) is 2. The lowest BCUT2D eigenvalue weighted by Gasteiger charge is -2.13. The highest BCUT2D eigenvalue weighted by molar-refractivity contribution is 5.17. The molecule has 0 aliphatic heterocycles. The molecule has 92 valence electrons. The second-order valence-electron chi connectivity index (χ2n) is 3.23. The van der Waals surface area contributed by atoms with E-state index in [4.69, 9.17) is 19.6 Å². The normalized spacial score (nSPS) is 12.7. The van der Waals surface area contributed by atoms with Gasteiger partial charge in [0.15, 0.2) is 0 Å². The van der Waals surface area contributed by atoms with Gasteiger partial charge in [-0.2, -0.15) is 0 Å². The molecule has 0 fully saturated rings. The summed E-state index contributed by atoms with van der Waals surface area (Å²) in [5.41, 5.74) is 5.37. The minimum Gasteiger partial charge on any atom is -0.408 e. The van der Waals surface area contributed by atoms with E-state index in [1.807, 2.05) is 0 Å². The van der Waals surface area contributed by atoms with Crippen LogP contribution in [0.1, 0.15) is 5.89 Å². The number of hydrogen-bond donors (Lipinski definition) is 2. The number of methoxy groups -OCH3 is 2. The van der Waals surface area contributed by atoms with E-state index >= 15 is 0 Å². The Bertz CT molecular complexity index is 292. The smallest absolute Gasteiger partial charge is 0.315 e. The molecule has 1 heterocycles. The minimum absolute atomic E-state index is 0.0464. The Labute approximate surface area is 94.3 Å². The Morgan fingerprint density at radius 1 is 1.44 bits per heavy atom. The number of nitrogens with two attached hydrogens (primary N) is 1. The molecule has 7 heteroatoms. The van der Waals surface area contributed by atoms with Crippen LogP contribution in [0.4, 0.5) is 6.01 Å². The highest BCUT2D eigenvalue weighted by Gasteiger charge is 2.09. The average molecular weight is 230 g/mol. The molecule has 1 rings (SSSR count). The third-order valence-corrected chi connectivity index (χ3v) is 1.99. The summed E-state index contributed by atoms with van der Waals surface area (Å²) < 4.78 is 15.4. The van der Waals surface area contributed by atoms with Gasteiger partial charge in [-0.05, 0) is 0 Å². The number of rotatable bonds is 8. The van der Waals surface area contributed by atoms with Gasteiger partial charge < -0.3 is 24.9 Å². The molecule has 0 amide bonds. The van der Waals surface area contributed by atoms with Crippen molar-refractivity contribution in [3.8, 4) is 0 Å². The Balaban J connectivity index is 2.34. The summed E-state index contributed by atoms with van der Waals surface area (Å²) in [4.78, 5) is 0. The van der Waals surface area contributed by atoms with Gasteiger partial charge in [0.05, 0.1) is 12.7 Å². The van der Waals surface area contributed by atoms with Gasteiger partial charge in [-0.3, -0.25) is 0 Å². The summed E-state index contributed by atoms with van der Waals surface area (Å²) in [5.74, 6) is 0.533. The van der Waals surface area contributed by atoms with E-state index in [9.17, 15) is 0 Å². The van der Waals surface area contributed by atoms with E-state index in [2.05, 4.69) is 15.5 Å². The zero-order valence-electron chi connectivity index (χ0n) is 9.60. The third-order valence-electron chi connectivity index (χ3n) is 1.99. The topological polar surface area (TPSA) is 95.4 Å². The number of nitrogens with one attached hydrogen (secondary N) is 1. The number of nitrogens with zero attached hydrogens (tertiary/aromatic N) is 2. The third kappa shape index (κ3) is 4.13. The number of aromatic nitrogens is 2.